The summed E-state index contributed by atoms with van der Waals surface area (Å²) in [6, 6.07) is 20.1. The molecule has 2 heterocycles. The molecule has 0 bridgehead atoms. The van der Waals surface area contributed by atoms with E-state index < -0.39 is 0 Å². The van der Waals surface area contributed by atoms with Crippen molar-refractivity contribution < 1.29 is 9.18 Å². The SMILES string of the molecule is O=C(c1ccccc1)C1CCN(Cc2cc(-c3ccc(F)cc3)ccn2)CC1. The molecule has 0 unspecified atom stereocenters. The Morgan fingerprint density at radius 2 is 1.68 bits per heavy atom. The van der Waals surface area contributed by atoms with Gasteiger partial charge in [-0.05, 0) is 61.3 Å². The van der Waals surface area contributed by atoms with E-state index in [0.717, 1.165) is 54.9 Å². The number of hydrogen-bond acceptors (Lipinski definition) is 3. The molecule has 0 radical (unpaired) electrons. The maximum Gasteiger partial charge on any atom is 0.166 e. The second kappa shape index (κ2) is 8.44. The first-order valence-corrected chi connectivity index (χ1v) is 9.71. The van der Waals surface area contributed by atoms with Crippen LogP contribution in [0.3, 0.4) is 0 Å². The average Bonchev–Trinajstić information content (AvgIpc) is 2.75. The van der Waals surface area contributed by atoms with Crippen LogP contribution in [0.2, 0.25) is 0 Å². The van der Waals surface area contributed by atoms with Crippen LogP contribution in [0.15, 0.2) is 72.9 Å². The zero-order valence-corrected chi connectivity index (χ0v) is 15.7. The summed E-state index contributed by atoms with van der Waals surface area (Å²) in [6.45, 7) is 2.55. The summed E-state index contributed by atoms with van der Waals surface area (Å²) in [5.74, 6) is 0.139. The summed E-state index contributed by atoms with van der Waals surface area (Å²) in [7, 11) is 0. The van der Waals surface area contributed by atoms with E-state index in [1.165, 1.54) is 12.1 Å². The van der Waals surface area contributed by atoms with Crippen LogP contribution in [0, 0.1) is 11.7 Å². The molecule has 4 heteroatoms. The van der Waals surface area contributed by atoms with Gasteiger partial charge in [0.15, 0.2) is 5.78 Å². The standard InChI is InChI=1S/C24H23FN2O/c25-22-8-6-18(7-9-22)21-10-13-26-23(16-21)17-27-14-11-20(12-15-27)24(28)19-4-2-1-3-5-19/h1-10,13,16,20H,11-12,14-15,17H2. The van der Waals surface area contributed by atoms with Crippen molar-refractivity contribution in [3.63, 3.8) is 0 Å². The first kappa shape index (κ1) is 18.5. The van der Waals surface area contributed by atoms with Crippen molar-refractivity contribution in [1.82, 2.24) is 9.88 Å². The minimum absolute atomic E-state index is 0.108. The molecule has 142 valence electrons. The van der Waals surface area contributed by atoms with Crippen LogP contribution in [0.5, 0.6) is 0 Å². The Kier molecular flexibility index (Phi) is 5.58. The zero-order chi connectivity index (χ0) is 19.3. The lowest BCUT2D eigenvalue weighted by molar-refractivity contribution is 0.0834. The summed E-state index contributed by atoms with van der Waals surface area (Å²) in [4.78, 5) is 19.5. The number of likely N-dealkylation sites (tertiary alicyclic amines) is 1. The van der Waals surface area contributed by atoms with Gasteiger partial charge >= 0.3 is 0 Å². The Morgan fingerprint density at radius 3 is 2.39 bits per heavy atom. The maximum atomic E-state index is 13.1. The number of carbonyl (C=O) groups excluding carboxylic acids is 1. The van der Waals surface area contributed by atoms with Gasteiger partial charge in [-0.15, -0.1) is 0 Å². The third kappa shape index (κ3) is 4.34. The number of aromatic nitrogens is 1. The smallest absolute Gasteiger partial charge is 0.166 e. The molecule has 4 rings (SSSR count). The number of pyridine rings is 1. The minimum Gasteiger partial charge on any atom is -0.297 e. The first-order chi connectivity index (χ1) is 13.7. The lowest BCUT2D eigenvalue weighted by Crippen LogP contribution is -2.36. The molecule has 1 aromatic heterocycles. The highest BCUT2D eigenvalue weighted by molar-refractivity contribution is 5.97. The molecule has 1 aliphatic rings. The molecule has 0 saturated carbocycles. The van der Waals surface area contributed by atoms with Gasteiger partial charge in [0.05, 0.1) is 5.69 Å². The number of ketones is 1. The van der Waals surface area contributed by atoms with Crippen LogP contribution in [-0.2, 0) is 6.54 Å². The summed E-state index contributed by atoms with van der Waals surface area (Å²) >= 11 is 0. The summed E-state index contributed by atoms with van der Waals surface area (Å²) in [5.41, 5.74) is 3.83. The Morgan fingerprint density at radius 1 is 0.964 bits per heavy atom. The van der Waals surface area contributed by atoms with Gasteiger partial charge in [-0.25, -0.2) is 4.39 Å². The molecule has 0 spiro atoms. The first-order valence-electron chi connectivity index (χ1n) is 9.71. The van der Waals surface area contributed by atoms with Crippen LogP contribution in [0.25, 0.3) is 11.1 Å². The van der Waals surface area contributed by atoms with E-state index in [9.17, 15) is 9.18 Å². The highest BCUT2D eigenvalue weighted by Crippen LogP contribution is 2.24. The highest BCUT2D eigenvalue weighted by atomic mass is 19.1. The third-order valence-electron chi connectivity index (χ3n) is 5.40. The van der Waals surface area contributed by atoms with Gasteiger partial charge in [0.25, 0.3) is 0 Å². The molecule has 0 N–H and O–H groups in total. The number of nitrogens with zero attached hydrogens (tertiary/aromatic N) is 2. The summed E-state index contributed by atoms with van der Waals surface area (Å²) in [6.07, 6.45) is 3.57. The number of benzene rings is 2. The highest BCUT2D eigenvalue weighted by Gasteiger charge is 2.25. The topological polar surface area (TPSA) is 33.2 Å². The number of rotatable bonds is 5. The predicted octanol–water partition coefficient (Wildman–Crippen LogP) is 4.98. The monoisotopic (exact) mass is 374 g/mol. The fraction of sp³-hybridized carbons (Fsp3) is 0.250. The predicted molar refractivity (Wildman–Crippen MR) is 108 cm³/mol. The summed E-state index contributed by atoms with van der Waals surface area (Å²) in [5, 5.41) is 0. The Labute approximate surface area is 164 Å². The Hall–Kier alpha value is -2.85. The van der Waals surface area contributed by atoms with E-state index in [4.69, 9.17) is 0 Å². The van der Waals surface area contributed by atoms with E-state index >= 15 is 0 Å². The van der Waals surface area contributed by atoms with E-state index in [2.05, 4.69) is 16.0 Å². The second-order valence-electron chi connectivity index (χ2n) is 7.32. The maximum absolute atomic E-state index is 13.1. The number of piperidine rings is 1. The fourth-order valence-electron chi connectivity index (χ4n) is 3.81. The van der Waals surface area contributed by atoms with Crippen molar-refractivity contribution in [2.24, 2.45) is 5.92 Å². The quantitative estimate of drug-likeness (QED) is 0.591. The fourth-order valence-corrected chi connectivity index (χ4v) is 3.81. The van der Waals surface area contributed by atoms with E-state index in [-0.39, 0.29) is 17.5 Å². The zero-order valence-electron chi connectivity index (χ0n) is 15.7. The third-order valence-corrected chi connectivity index (χ3v) is 5.40. The van der Waals surface area contributed by atoms with Crippen molar-refractivity contribution in [3.8, 4) is 11.1 Å². The van der Waals surface area contributed by atoms with Gasteiger partial charge in [0, 0.05) is 24.2 Å². The van der Waals surface area contributed by atoms with Crippen LogP contribution in [0.4, 0.5) is 4.39 Å². The van der Waals surface area contributed by atoms with Crippen molar-refractivity contribution in [1.29, 1.82) is 0 Å². The molecule has 0 atom stereocenters. The van der Waals surface area contributed by atoms with Gasteiger partial charge < -0.3 is 0 Å². The minimum atomic E-state index is -0.231. The van der Waals surface area contributed by atoms with Crippen LogP contribution in [0.1, 0.15) is 28.9 Å². The molecule has 1 aliphatic heterocycles. The molecular formula is C24H23FN2O. The molecule has 1 fully saturated rings. The van der Waals surface area contributed by atoms with Gasteiger partial charge in [-0.2, -0.15) is 0 Å². The lowest BCUT2D eigenvalue weighted by atomic mass is 9.89. The van der Waals surface area contributed by atoms with Gasteiger partial charge in [0.1, 0.15) is 5.82 Å². The molecule has 0 amide bonds. The normalized spacial score (nSPS) is 15.5. The molecule has 3 nitrogen and oxygen atoms in total. The number of carbonyl (C=O) groups is 1. The van der Waals surface area contributed by atoms with Crippen molar-refractivity contribution in [3.05, 3.63) is 90.0 Å². The van der Waals surface area contributed by atoms with E-state index in [1.54, 1.807) is 18.3 Å². The van der Waals surface area contributed by atoms with Gasteiger partial charge in [0.2, 0.25) is 0 Å². The lowest BCUT2D eigenvalue weighted by Gasteiger charge is -2.31. The number of halogens is 1. The second-order valence-corrected chi connectivity index (χ2v) is 7.32. The Balaban J connectivity index is 1.37. The van der Waals surface area contributed by atoms with Crippen molar-refractivity contribution in [2.45, 2.75) is 19.4 Å². The van der Waals surface area contributed by atoms with Crippen molar-refractivity contribution in [2.75, 3.05) is 13.1 Å². The van der Waals surface area contributed by atoms with Crippen molar-refractivity contribution >= 4 is 5.78 Å². The average molecular weight is 374 g/mol. The number of hydrogen-bond donors (Lipinski definition) is 0. The largest absolute Gasteiger partial charge is 0.297 e. The van der Waals surface area contributed by atoms with Gasteiger partial charge in [-0.3, -0.25) is 14.7 Å². The molecular weight excluding hydrogens is 351 g/mol. The molecule has 0 aliphatic carbocycles. The van der Waals surface area contributed by atoms with Crippen LogP contribution in [-0.4, -0.2) is 28.8 Å². The molecule has 1 saturated heterocycles. The van der Waals surface area contributed by atoms with E-state index in [1.807, 2.05) is 36.4 Å². The molecule has 28 heavy (non-hydrogen) atoms. The molecule has 2 aromatic carbocycles. The van der Waals surface area contributed by atoms with Crippen LogP contribution < -0.4 is 0 Å². The summed E-state index contributed by atoms with van der Waals surface area (Å²) < 4.78 is 13.1. The van der Waals surface area contributed by atoms with Crippen LogP contribution >= 0.6 is 0 Å². The number of Topliss-reactive ketones (excluding diaryl/α,β-unsaturated/α-hetero) is 1. The van der Waals surface area contributed by atoms with Gasteiger partial charge in [-0.1, -0.05) is 42.5 Å². The van der Waals surface area contributed by atoms with E-state index in [0.29, 0.717) is 0 Å². The molecule has 3 aromatic rings. The Bertz CT molecular complexity index is 932.